The van der Waals surface area contributed by atoms with Gasteiger partial charge in [-0.15, -0.1) is 0 Å². The van der Waals surface area contributed by atoms with Crippen molar-refractivity contribution < 1.29 is 18.7 Å². The molecular weight excluding hydrogens is 403 g/mol. The highest BCUT2D eigenvalue weighted by molar-refractivity contribution is 9.10. The molecule has 1 fully saturated rings. The Balaban J connectivity index is 1.61. The van der Waals surface area contributed by atoms with Gasteiger partial charge in [-0.25, -0.2) is 9.18 Å². The Labute approximate surface area is 160 Å². The van der Waals surface area contributed by atoms with E-state index in [1.807, 2.05) is 18.2 Å². The van der Waals surface area contributed by atoms with Crippen LogP contribution in [0.3, 0.4) is 0 Å². The quantitative estimate of drug-likeness (QED) is 0.812. The lowest BCUT2D eigenvalue weighted by atomic mass is 10.1. The van der Waals surface area contributed by atoms with Crippen molar-refractivity contribution >= 4 is 22.0 Å². The standard InChI is InChI=1S/C19H20BrFN2O3/c1-25-17-7-4-15(20)10-14(17)11-22-19(24)23-8-9-26-18(12-23)13-2-5-16(21)6-3-13/h2-7,10,18H,8-9,11-12H2,1H3,(H,22,24). The van der Waals surface area contributed by atoms with Crippen molar-refractivity contribution in [3.8, 4) is 5.75 Å². The lowest BCUT2D eigenvalue weighted by Crippen LogP contribution is -2.47. The molecule has 0 aromatic heterocycles. The maximum Gasteiger partial charge on any atom is 0.317 e. The molecule has 7 heteroatoms. The number of methoxy groups -OCH3 is 1. The lowest BCUT2D eigenvalue weighted by Gasteiger charge is -2.33. The summed E-state index contributed by atoms with van der Waals surface area (Å²) in [5.41, 5.74) is 1.75. The van der Waals surface area contributed by atoms with E-state index in [9.17, 15) is 9.18 Å². The van der Waals surface area contributed by atoms with Gasteiger partial charge in [-0.05, 0) is 35.9 Å². The van der Waals surface area contributed by atoms with Gasteiger partial charge in [-0.3, -0.25) is 0 Å². The van der Waals surface area contributed by atoms with Crippen LogP contribution in [-0.2, 0) is 11.3 Å². The van der Waals surface area contributed by atoms with Crippen LogP contribution in [-0.4, -0.2) is 37.7 Å². The van der Waals surface area contributed by atoms with Crippen LogP contribution >= 0.6 is 15.9 Å². The third-order valence-electron chi connectivity index (χ3n) is 4.27. The molecule has 5 nitrogen and oxygen atoms in total. The average Bonchev–Trinajstić information content (AvgIpc) is 2.67. The van der Waals surface area contributed by atoms with Crippen LogP contribution in [0.2, 0.25) is 0 Å². The molecule has 1 N–H and O–H groups in total. The topological polar surface area (TPSA) is 50.8 Å². The third-order valence-corrected chi connectivity index (χ3v) is 4.76. The Hall–Kier alpha value is -2.12. The number of carbonyl (C=O) groups excluding carboxylic acids is 1. The van der Waals surface area contributed by atoms with E-state index in [0.717, 1.165) is 21.3 Å². The van der Waals surface area contributed by atoms with Crippen LogP contribution in [0.5, 0.6) is 5.75 Å². The number of benzene rings is 2. The van der Waals surface area contributed by atoms with E-state index in [0.29, 0.717) is 26.2 Å². The molecule has 1 aliphatic heterocycles. The zero-order valence-electron chi connectivity index (χ0n) is 14.4. The SMILES string of the molecule is COc1ccc(Br)cc1CNC(=O)N1CCOC(c2ccc(F)cc2)C1. The predicted octanol–water partition coefficient (Wildman–Crippen LogP) is 3.88. The third kappa shape index (κ3) is 4.53. The van der Waals surface area contributed by atoms with Gasteiger partial charge in [0.1, 0.15) is 17.7 Å². The Bertz CT molecular complexity index is 770. The van der Waals surface area contributed by atoms with Crippen LogP contribution in [0.1, 0.15) is 17.2 Å². The second-order valence-corrected chi connectivity index (χ2v) is 6.89. The minimum absolute atomic E-state index is 0.164. The van der Waals surface area contributed by atoms with Crippen LogP contribution in [0.25, 0.3) is 0 Å². The van der Waals surface area contributed by atoms with Gasteiger partial charge in [0.15, 0.2) is 0 Å². The van der Waals surface area contributed by atoms with E-state index in [1.54, 1.807) is 24.1 Å². The summed E-state index contributed by atoms with van der Waals surface area (Å²) < 4.78 is 25.1. The zero-order chi connectivity index (χ0) is 18.5. The van der Waals surface area contributed by atoms with Gasteiger partial charge in [-0.1, -0.05) is 28.1 Å². The summed E-state index contributed by atoms with van der Waals surface area (Å²) in [4.78, 5) is 14.2. The molecule has 1 unspecified atom stereocenters. The molecule has 2 amide bonds. The minimum atomic E-state index is -0.290. The second kappa shape index (κ2) is 8.51. The lowest BCUT2D eigenvalue weighted by molar-refractivity contribution is -0.0155. The van der Waals surface area contributed by atoms with Crippen molar-refractivity contribution in [2.75, 3.05) is 26.8 Å². The normalized spacial score (nSPS) is 17.0. The van der Waals surface area contributed by atoms with E-state index in [-0.39, 0.29) is 18.0 Å². The number of hydrogen-bond acceptors (Lipinski definition) is 3. The van der Waals surface area contributed by atoms with Crippen molar-refractivity contribution in [1.29, 1.82) is 0 Å². The van der Waals surface area contributed by atoms with E-state index in [1.165, 1.54) is 12.1 Å². The van der Waals surface area contributed by atoms with Crippen LogP contribution in [0.15, 0.2) is 46.9 Å². The van der Waals surface area contributed by atoms with Gasteiger partial charge in [0.25, 0.3) is 0 Å². The highest BCUT2D eigenvalue weighted by Gasteiger charge is 2.25. The number of urea groups is 1. The van der Waals surface area contributed by atoms with Gasteiger partial charge in [-0.2, -0.15) is 0 Å². The van der Waals surface area contributed by atoms with Crippen LogP contribution < -0.4 is 10.1 Å². The smallest absolute Gasteiger partial charge is 0.317 e. The monoisotopic (exact) mass is 422 g/mol. The molecule has 0 aliphatic carbocycles. The first-order valence-corrected chi connectivity index (χ1v) is 9.08. The Morgan fingerprint density at radius 3 is 2.85 bits per heavy atom. The first-order valence-electron chi connectivity index (χ1n) is 8.29. The van der Waals surface area contributed by atoms with E-state index in [4.69, 9.17) is 9.47 Å². The second-order valence-electron chi connectivity index (χ2n) is 5.97. The molecule has 26 heavy (non-hydrogen) atoms. The fourth-order valence-electron chi connectivity index (χ4n) is 2.88. The Morgan fingerprint density at radius 1 is 1.35 bits per heavy atom. The molecule has 2 aromatic carbocycles. The van der Waals surface area contributed by atoms with Crippen LogP contribution in [0.4, 0.5) is 9.18 Å². The van der Waals surface area contributed by atoms with Gasteiger partial charge in [0, 0.05) is 23.1 Å². The molecule has 3 rings (SSSR count). The van der Waals surface area contributed by atoms with Crippen molar-refractivity contribution in [1.82, 2.24) is 10.2 Å². The molecule has 0 radical (unpaired) electrons. The van der Waals surface area contributed by atoms with Gasteiger partial charge < -0.3 is 19.7 Å². The molecule has 1 saturated heterocycles. The summed E-state index contributed by atoms with van der Waals surface area (Å²) in [7, 11) is 1.60. The molecule has 2 aromatic rings. The fraction of sp³-hybridized carbons (Fsp3) is 0.316. The zero-order valence-corrected chi connectivity index (χ0v) is 16.0. The predicted molar refractivity (Wildman–Crippen MR) is 99.6 cm³/mol. The summed E-state index contributed by atoms with van der Waals surface area (Å²) in [5.74, 6) is 0.432. The number of morpholine rings is 1. The van der Waals surface area contributed by atoms with Crippen molar-refractivity contribution in [3.63, 3.8) is 0 Å². The summed E-state index contributed by atoms with van der Waals surface area (Å²) in [6, 6.07) is 11.7. The maximum absolute atomic E-state index is 13.1. The number of nitrogens with one attached hydrogen (secondary N) is 1. The van der Waals surface area contributed by atoms with Crippen LogP contribution in [0, 0.1) is 5.82 Å². The number of carbonyl (C=O) groups is 1. The Morgan fingerprint density at radius 2 is 2.12 bits per heavy atom. The fourth-order valence-corrected chi connectivity index (χ4v) is 3.29. The number of ether oxygens (including phenoxy) is 2. The molecule has 1 aliphatic rings. The van der Waals surface area contributed by atoms with Gasteiger partial charge >= 0.3 is 6.03 Å². The van der Waals surface area contributed by atoms with Gasteiger partial charge in [0.2, 0.25) is 0 Å². The highest BCUT2D eigenvalue weighted by atomic mass is 79.9. The summed E-state index contributed by atoms with van der Waals surface area (Å²) in [6.07, 6.45) is -0.254. The van der Waals surface area contributed by atoms with Crippen molar-refractivity contribution in [3.05, 3.63) is 63.9 Å². The number of amides is 2. The minimum Gasteiger partial charge on any atom is -0.496 e. The molecule has 1 atom stereocenters. The largest absolute Gasteiger partial charge is 0.496 e. The summed E-state index contributed by atoms with van der Waals surface area (Å²) in [5, 5.41) is 2.92. The molecule has 0 saturated carbocycles. The Kier molecular flexibility index (Phi) is 6.11. The highest BCUT2D eigenvalue weighted by Crippen LogP contribution is 2.24. The van der Waals surface area contributed by atoms with Crippen molar-refractivity contribution in [2.45, 2.75) is 12.6 Å². The summed E-state index contributed by atoms with van der Waals surface area (Å²) in [6.45, 7) is 1.74. The van der Waals surface area contributed by atoms with E-state index < -0.39 is 0 Å². The number of halogens is 2. The molecule has 0 spiro atoms. The average molecular weight is 423 g/mol. The van der Waals surface area contributed by atoms with Crippen molar-refractivity contribution in [2.24, 2.45) is 0 Å². The first kappa shape index (κ1) is 18.7. The molecular formula is C19H20BrFN2O3. The van der Waals surface area contributed by atoms with E-state index in [2.05, 4.69) is 21.2 Å². The number of hydrogen-bond donors (Lipinski definition) is 1. The van der Waals surface area contributed by atoms with E-state index >= 15 is 0 Å². The maximum atomic E-state index is 13.1. The molecule has 1 heterocycles. The number of nitrogens with zero attached hydrogens (tertiary/aromatic N) is 1. The number of rotatable bonds is 4. The first-order chi connectivity index (χ1) is 12.6. The summed E-state index contributed by atoms with van der Waals surface area (Å²) >= 11 is 3.43. The molecule has 138 valence electrons. The molecule has 0 bridgehead atoms. The van der Waals surface area contributed by atoms with Gasteiger partial charge in [0.05, 0.1) is 20.3 Å².